The van der Waals surface area contributed by atoms with Gasteiger partial charge in [0.25, 0.3) is 0 Å². The number of hydrogen-bond donors (Lipinski definition) is 1. The van der Waals surface area contributed by atoms with Crippen molar-refractivity contribution in [3.63, 3.8) is 0 Å². The highest BCUT2D eigenvalue weighted by Crippen LogP contribution is 2.12. The molecule has 0 aliphatic rings. The molecule has 88 valence electrons. The maximum absolute atomic E-state index is 11.2. The second kappa shape index (κ2) is 6.68. The summed E-state index contributed by atoms with van der Waals surface area (Å²) in [6.07, 6.45) is -1.39. The van der Waals surface area contributed by atoms with E-state index in [1.165, 1.54) is 24.3 Å². The fourth-order valence-electron chi connectivity index (χ4n) is 0.974. The minimum absolute atomic E-state index is 0. The van der Waals surface area contributed by atoms with Gasteiger partial charge in [0.2, 0.25) is 0 Å². The maximum Gasteiger partial charge on any atom is 0.511 e. The van der Waals surface area contributed by atoms with Gasteiger partial charge in [-0.15, -0.1) is 12.4 Å². The lowest BCUT2D eigenvalue weighted by Crippen LogP contribution is -2.05. The Balaban J connectivity index is 0.00000225. The standard InChI is InChI=1S/C10H10O5.ClH/c1-2-14-9(11)7-3-5-8(6-4-7)15-10(12)13;/h3-6H,2H2,1H3,(H,12,13);1H. The number of hydrogen-bond acceptors (Lipinski definition) is 4. The van der Waals surface area contributed by atoms with Gasteiger partial charge >= 0.3 is 12.1 Å². The first-order chi connectivity index (χ1) is 7.13. The SMILES string of the molecule is CCOC(=O)c1ccc(OC(=O)O)cc1.Cl. The van der Waals surface area contributed by atoms with Gasteiger partial charge in [0, 0.05) is 0 Å². The van der Waals surface area contributed by atoms with E-state index in [2.05, 4.69) is 4.74 Å². The molecular formula is C10H11ClO5. The number of rotatable bonds is 3. The lowest BCUT2D eigenvalue weighted by atomic mass is 10.2. The van der Waals surface area contributed by atoms with Crippen molar-refractivity contribution in [1.82, 2.24) is 0 Å². The molecule has 0 bridgehead atoms. The van der Waals surface area contributed by atoms with Gasteiger partial charge in [0.05, 0.1) is 12.2 Å². The summed E-state index contributed by atoms with van der Waals surface area (Å²) in [5, 5.41) is 8.32. The van der Waals surface area contributed by atoms with Gasteiger partial charge in [0.15, 0.2) is 0 Å². The molecule has 1 aromatic rings. The molecule has 0 aromatic heterocycles. The Labute approximate surface area is 98.4 Å². The van der Waals surface area contributed by atoms with Crippen LogP contribution in [-0.2, 0) is 4.74 Å². The molecule has 16 heavy (non-hydrogen) atoms. The number of esters is 1. The Kier molecular flexibility index (Phi) is 5.95. The first-order valence-electron chi connectivity index (χ1n) is 4.31. The van der Waals surface area contributed by atoms with Gasteiger partial charge < -0.3 is 14.6 Å². The third-order valence-corrected chi connectivity index (χ3v) is 1.57. The highest BCUT2D eigenvalue weighted by molar-refractivity contribution is 5.89. The third kappa shape index (κ3) is 4.18. The van der Waals surface area contributed by atoms with Crippen LogP contribution in [-0.4, -0.2) is 23.8 Å². The van der Waals surface area contributed by atoms with Gasteiger partial charge in [-0.05, 0) is 31.2 Å². The minimum atomic E-state index is -1.39. The summed E-state index contributed by atoms with van der Waals surface area (Å²) in [6.45, 7) is 2.01. The van der Waals surface area contributed by atoms with Crippen molar-refractivity contribution in [3.8, 4) is 5.75 Å². The predicted molar refractivity (Wildman–Crippen MR) is 58.3 cm³/mol. The first kappa shape index (κ1) is 14.2. The highest BCUT2D eigenvalue weighted by atomic mass is 35.5. The first-order valence-corrected chi connectivity index (χ1v) is 4.31. The van der Waals surface area contributed by atoms with Crippen LogP contribution in [0.3, 0.4) is 0 Å². The van der Waals surface area contributed by atoms with Crippen molar-refractivity contribution >= 4 is 24.5 Å². The van der Waals surface area contributed by atoms with E-state index in [4.69, 9.17) is 9.84 Å². The van der Waals surface area contributed by atoms with E-state index in [1.54, 1.807) is 6.92 Å². The molecule has 0 radical (unpaired) electrons. The largest absolute Gasteiger partial charge is 0.511 e. The van der Waals surface area contributed by atoms with Crippen LogP contribution in [0.5, 0.6) is 5.75 Å². The monoisotopic (exact) mass is 246 g/mol. The molecule has 0 saturated carbocycles. The molecule has 0 heterocycles. The van der Waals surface area contributed by atoms with Crippen molar-refractivity contribution in [3.05, 3.63) is 29.8 Å². The zero-order valence-corrected chi connectivity index (χ0v) is 9.32. The molecule has 0 aliphatic heterocycles. The zero-order valence-electron chi connectivity index (χ0n) is 8.50. The topological polar surface area (TPSA) is 72.8 Å². The van der Waals surface area contributed by atoms with E-state index >= 15 is 0 Å². The summed E-state index contributed by atoms with van der Waals surface area (Å²) in [5.74, 6) is -0.282. The molecule has 6 heteroatoms. The summed E-state index contributed by atoms with van der Waals surface area (Å²) in [6, 6.07) is 5.66. The highest BCUT2D eigenvalue weighted by Gasteiger charge is 2.06. The Morgan fingerprint density at radius 1 is 1.25 bits per heavy atom. The third-order valence-electron chi connectivity index (χ3n) is 1.57. The van der Waals surface area contributed by atoms with Crippen LogP contribution in [0.2, 0.25) is 0 Å². The second-order valence-corrected chi connectivity index (χ2v) is 2.61. The average Bonchev–Trinajstić information content (AvgIpc) is 2.18. The number of halogens is 1. The Morgan fingerprint density at radius 3 is 2.25 bits per heavy atom. The van der Waals surface area contributed by atoms with E-state index in [0.29, 0.717) is 12.2 Å². The number of ether oxygens (including phenoxy) is 2. The Hall–Kier alpha value is -1.75. The van der Waals surface area contributed by atoms with Gasteiger partial charge in [0.1, 0.15) is 5.75 Å². The number of carbonyl (C=O) groups is 2. The fourth-order valence-corrected chi connectivity index (χ4v) is 0.974. The molecule has 0 spiro atoms. The summed E-state index contributed by atoms with van der Waals surface area (Å²) in [4.78, 5) is 21.4. The summed E-state index contributed by atoms with van der Waals surface area (Å²) >= 11 is 0. The molecular weight excluding hydrogens is 236 g/mol. The van der Waals surface area contributed by atoms with Gasteiger partial charge in [-0.3, -0.25) is 0 Å². The molecule has 0 fully saturated rings. The average molecular weight is 247 g/mol. The smallest absolute Gasteiger partial charge is 0.462 e. The molecule has 0 aliphatic carbocycles. The molecule has 1 aromatic carbocycles. The fraction of sp³-hybridized carbons (Fsp3) is 0.200. The number of carbonyl (C=O) groups excluding carboxylic acids is 1. The van der Waals surface area contributed by atoms with E-state index in [0.717, 1.165) is 0 Å². The van der Waals surface area contributed by atoms with Gasteiger partial charge in [-0.25, -0.2) is 9.59 Å². The number of benzene rings is 1. The van der Waals surface area contributed by atoms with Crippen molar-refractivity contribution < 1.29 is 24.2 Å². The van der Waals surface area contributed by atoms with E-state index < -0.39 is 12.1 Å². The molecule has 1 N–H and O–H groups in total. The lowest BCUT2D eigenvalue weighted by Gasteiger charge is -2.02. The maximum atomic E-state index is 11.2. The normalized spacial score (nSPS) is 8.81. The quantitative estimate of drug-likeness (QED) is 0.655. The van der Waals surface area contributed by atoms with Crippen molar-refractivity contribution in [2.24, 2.45) is 0 Å². The minimum Gasteiger partial charge on any atom is -0.462 e. The molecule has 0 saturated heterocycles. The summed E-state index contributed by atoms with van der Waals surface area (Å²) in [5.41, 5.74) is 0.356. The molecule has 0 amide bonds. The summed E-state index contributed by atoms with van der Waals surface area (Å²) < 4.78 is 9.13. The van der Waals surface area contributed by atoms with E-state index in [-0.39, 0.29) is 18.2 Å². The van der Waals surface area contributed by atoms with Crippen molar-refractivity contribution in [2.45, 2.75) is 6.92 Å². The van der Waals surface area contributed by atoms with E-state index in [1.807, 2.05) is 0 Å². The van der Waals surface area contributed by atoms with Crippen LogP contribution < -0.4 is 4.74 Å². The van der Waals surface area contributed by atoms with Crippen LogP contribution >= 0.6 is 12.4 Å². The molecule has 0 atom stereocenters. The van der Waals surface area contributed by atoms with E-state index in [9.17, 15) is 9.59 Å². The van der Waals surface area contributed by atoms with Crippen LogP contribution in [0.4, 0.5) is 4.79 Å². The van der Waals surface area contributed by atoms with Crippen LogP contribution in [0.15, 0.2) is 24.3 Å². The van der Waals surface area contributed by atoms with Crippen LogP contribution in [0.25, 0.3) is 0 Å². The summed E-state index contributed by atoms with van der Waals surface area (Å²) in [7, 11) is 0. The molecule has 1 rings (SSSR count). The Morgan fingerprint density at radius 2 is 1.81 bits per heavy atom. The van der Waals surface area contributed by atoms with Gasteiger partial charge in [-0.2, -0.15) is 0 Å². The van der Waals surface area contributed by atoms with Crippen molar-refractivity contribution in [2.75, 3.05) is 6.61 Å². The molecule has 0 unspecified atom stereocenters. The van der Waals surface area contributed by atoms with Crippen molar-refractivity contribution in [1.29, 1.82) is 0 Å². The second-order valence-electron chi connectivity index (χ2n) is 2.61. The van der Waals surface area contributed by atoms with Gasteiger partial charge in [-0.1, -0.05) is 0 Å². The predicted octanol–water partition coefficient (Wildman–Crippen LogP) is 2.34. The Bertz CT molecular complexity index is 360. The molecule has 5 nitrogen and oxygen atoms in total. The lowest BCUT2D eigenvalue weighted by molar-refractivity contribution is 0.0526. The number of carboxylic acid groups (broad SMARTS) is 1. The van der Waals surface area contributed by atoms with Crippen LogP contribution in [0, 0.1) is 0 Å². The zero-order chi connectivity index (χ0) is 11.3. The van der Waals surface area contributed by atoms with Crippen LogP contribution in [0.1, 0.15) is 17.3 Å².